The van der Waals surface area contributed by atoms with Gasteiger partial charge in [-0.25, -0.2) is 14.8 Å². The second kappa shape index (κ2) is 6.87. The lowest BCUT2D eigenvalue weighted by Gasteiger charge is -2.24. The molecule has 0 radical (unpaired) electrons. The van der Waals surface area contributed by atoms with Gasteiger partial charge in [-0.1, -0.05) is 12.1 Å². The smallest absolute Gasteiger partial charge is 0.410 e. The van der Waals surface area contributed by atoms with Crippen molar-refractivity contribution in [3.05, 3.63) is 24.3 Å². The Morgan fingerprint density at radius 3 is 2.52 bits per heavy atom. The Balaban J connectivity index is 1.48. The van der Waals surface area contributed by atoms with Crippen molar-refractivity contribution < 1.29 is 14.3 Å². The van der Waals surface area contributed by atoms with Crippen LogP contribution < -0.4 is 10.1 Å². The molecule has 1 unspecified atom stereocenters. The van der Waals surface area contributed by atoms with E-state index in [-0.39, 0.29) is 12.2 Å². The average molecular weight is 370 g/mol. The van der Waals surface area contributed by atoms with Crippen LogP contribution in [0.15, 0.2) is 24.3 Å². The van der Waals surface area contributed by atoms with Gasteiger partial charge in [0, 0.05) is 19.0 Å². The molecule has 1 aliphatic heterocycles. The van der Waals surface area contributed by atoms with Gasteiger partial charge in [0.25, 0.3) is 5.88 Å². The normalized spacial score (nSPS) is 20.0. The third kappa shape index (κ3) is 4.40. The predicted octanol–water partition coefficient (Wildman–Crippen LogP) is 3.59. The van der Waals surface area contributed by atoms with Gasteiger partial charge in [-0.15, -0.1) is 0 Å². The zero-order valence-corrected chi connectivity index (χ0v) is 16.1. The summed E-state index contributed by atoms with van der Waals surface area (Å²) in [7, 11) is 0. The number of para-hydroxylation sites is 2. The molecule has 1 atom stereocenters. The van der Waals surface area contributed by atoms with Gasteiger partial charge in [-0.05, 0) is 45.7 Å². The number of likely N-dealkylation sites (tertiary alicyclic amines) is 1. The molecule has 0 spiro atoms. The van der Waals surface area contributed by atoms with Gasteiger partial charge >= 0.3 is 6.09 Å². The van der Waals surface area contributed by atoms with Gasteiger partial charge in [0.1, 0.15) is 11.7 Å². The van der Waals surface area contributed by atoms with Crippen molar-refractivity contribution in [2.24, 2.45) is 0 Å². The molecule has 1 aromatic carbocycles. The van der Waals surface area contributed by atoms with E-state index >= 15 is 0 Å². The molecule has 144 valence electrons. The van der Waals surface area contributed by atoms with Crippen LogP contribution in [0.25, 0.3) is 11.0 Å². The summed E-state index contributed by atoms with van der Waals surface area (Å²) in [6, 6.07) is 8.22. The number of nitrogens with zero attached hydrogens (tertiary/aromatic N) is 3. The Labute approximate surface area is 159 Å². The molecule has 4 rings (SSSR count). The van der Waals surface area contributed by atoms with Crippen LogP contribution in [0.5, 0.6) is 5.88 Å². The Morgan fingerprint density at radius 1 is 1.15 bits per heavy atom. The molecule has 2 fully saturated rings. The van der Waals surface area contributed by atoms with Crippen molar-refractivity contribution in [2.75, 3.05) is 18.4 Å². The predicted molar refractivity (Wildman–Crippen MR) is 103 cm³/mol. The molecular weight excluding hydrogens is 344 g/mol. The van der Waals surface area contributed by atoms with Crippen LogP contribution in [0.3, 0.4) is 0 Å². The largest absolute Gasteiger partial charge is 0.470 e. The first-order valence-electron chi connectivity index (χ1n) is 9.55. The fourth-order valence-corrected chi connectivity index (χ4v) is 3.06. The van der Waals surface area contributed by atoms with Crippen LogP contribution in [0.4, 0.5) is 10.6 Å². The molecule has 1 aliphatic carbocycles. The second-order valence-corrected chi connectivity index (χ2v) is 8.24. The number of amides is 1. The van der Waals surface area contributed by atoms with Gasteiger partial charge < -0.3 is 19.7 Å². The van der Waals surface area contributed by atoms with E-state index in [1.54, 1.807) is 4.90 Å². The molecule has 7 nitrogen and oxygen atoms in total. The van der Waals surface area contributed by atoms with Gasteiger partial charge in [-0.3, -0.25) is 0 Å². The molecule has 1 saturated heterocycles. The number of benzene rings is 1. The third-order valence-corrected chi connectivity index (χ3v) is 4.53. The van der Waals surface area contributed by atoms with E-state index in [2.05, 4.69) is 10.3 Å². The highest BCUT2D eigenvalue weighted by Gasteiger charge is 2.32. The monoisotopic (exact) mass is 370 g/mol. The molecule has 1 aromatic heterocycles. The van der Waals surface area contributed by atoms with E-state index in [0.29, 0.717) is 30.8 Å². The molecule has 1 amide bonds. The van der Waals surface area contributed by atoms with Crippen molar-refractivity contribution in [1.29, 1.82) is 0 Å². The molecule has 2 aromatic rings. The summed E-state index contributed by atoms with van der Waals surface area (Å²) in [4.78, 5) is 23.3. The van der Waals surface area contributed by atoms with E-state index in [9.17, 15) is 4.79 Å². The topological polar surface area (TPSA) is 76.6 Å². The maximum Gasteiger partial charge on any atom is 0.410 e. The molecule has 0 bridgehead atoms. The number of carbonyl (C=O) groups excluding carboxylic acids is 1. The summed E-state index contributed by atoms with van der Waals surface area (Å²) in [6.07, 6.45) is 2.62. The number of hydrogen-bond acceptors (Lipinski definition) is 6. The van der Waals surface area contributed by atoms with E-state index in [1.165, 1.54) is 0 Å². The number of fused-ring (bicyclic) bond motifs is 1. The number of carbonyl (C=O) groups is 1. The van der Waals surface area contributed by atoms with Crippen molar-refractivity contribution in [3.63, 3.8) is 0 Å². The molecule has 1 saturated carbocycles. The van der Waals surface area contributed by atoms with Crippen molar-refractivity contribution in [3.8, 4) is 5.88 Å². The fraction of sp³-hybridized carbons (Fsp3) is 0.550. The highest BCUT2D eigenvalue weighted by atomic mass is 16.6. The lowest BCUT2D eigenvalue weighted by Crippen LogP contribution is -2.36. The van der Waals surface area contributed by atoms with E-state index in [4.69, 9.17) is 14.5 Å². The van der Waals surface area contributed by atoms with Crippen LogP contribution in [0.2, 0.25) is 0 Å². The Hall–Kier alpha value is -2.57. The molecule has 7 heteroatoms. The third-order valence-electron chi connectivity index (χ3n) is 4.53. The van der Waals surface area contributed by atoms with Gasteiger partial charge in [-0.2, -0.15) is 0 Å². The van der Waals surface area contributed by atoms with Crippen LogP contribution in [0, 0.1) is 0 Å². The Kier molecular flexibility index (Phi) is 4.53. The summed E-state index contributed by atoms with van der Waals surface area (Å²) in [5, 5.41) is 3.41. The maximum absolute atomic E-state index is 12.3. The Bertz CT molecular complexity index is 845. The van der Waals surface area contributed by atoms with E-state index in [0.717, 1.165) is 30.3 Å². The van der Waals surface area contributed by atoms with Gasteiger partial charge in [0.2, 0.25) is 0 Å². The summed E-state index contributed by atoms with van der Waals surface area (Å²) in [6.45, 7) is 6.72. The average Bonchev–Trinajstić information content (AvgIpc) is 3.29. The van der Waals surface area contributed by atoms with E-state index < -0.39 is 5.60 Å². The summed E-state index contributed by atoms with van der Waals surface area (Å²) < 4.78 is 11.6. The van der Waals surface area contributed by atoms with Crippen molar-refractivity contribution >= 4 is 22.9 Å². The summed E-state index contributed by atoms with van der Waals surface area (Å²) in [5.41, 5.74) is 1.15. The van der Waals surface area contributed by atoms with Crippen LogP contribution in [-0.4, -0.2) is 51.8 Å². The zero-order valence-electron chi connectivity index (χ0n) is 16.1. The van der Waals surface area contributed by atoms with Crippen molar-refractivity contribution in [1.82, 2.24) is 14.9 Å². The number of nitrogens with one attached hydrogen (secondary N) is 1. The number of anilines is 1. The van der Waals surface area contributed by atoms with Gasteiger partial charge in [0.15, 0.2) is 5.82 Å². The minimum Gasteiger partial charge on any atom is -0.470 e. The second-order valence-electron chi connectivity index (χ2n) is 8.24. The number of aromatic nitrogens is 2. The van der Waals surface area contributed by atoms with Gasteiger partial charge in [0.05, 0.1) is 17.6 Å². The number of ether oxygens (including phenoxy) is 2. The highest BCUT2D eigenvalue weighted by molar-refractivity contribution is 5.77. The minimum absolute atomic E-state index is 0.118. The lowest BCUT2D eigenvalue weighted by molar-refractivity contribution is 0.0275. The van der Waals surface area contributed by atoms with Crippen LogP contribution in [-0.2, 0) is 4.74 Å². The standard InChI is InChI=1S/C20H26N4O3/c1-20(2,3)27-19(25)24-11-10-14(12-24)26-18-17(21-13-8-9-13)22-15-6-4-5-7-16(15)23-18/h4-7,13-14H,8-12H2,1-3H3,(H,21,22). The first-order valence-corrected chi connectivity index (χ1v) is 9.55. The van der Waals surface area contributed by atoms with Crippen LogP contribution in [0.1, 0.15) is 40.0 Å². The first kappa shape index (κ1) is 17.8. The molecule has 2 aliphatic rings. The molecule has 1 N–H and O–H groups in total. The van der Waals surface area contributed by atoms with Crippen LogP contribution >= 0.6 is 0 Å². The minimum atomic E-state index is -0.499. The van der Waals surface area contributed by atoms with Crippen molar-refractivity contribution in [2.45, 2.75) is 57.8 Å². The zero-order chi connectivity index (χ0) is 19.0. The number of hydrogen-bond donors (Lipinski definition) is 1. The summed E-state index contributed by atoms with van der Waals surface area (Å²) in [5.74, 6) is 1.20. The molecule has 27 heavy (non-hydrogen) atoms. The molecular formula is C20H26N4O3. The fourth-order valence-electron chi connectivity index (χ4n) is 3.06. The number of rotatable bonds is 4. The summed E-state index contributed by atoms with van der Waals surface area (Å²) >= 11 is 0. The first-order chi connectivity index (χ1) is 12.9. The SMILES string of the molecule is CC(C)(C)OC(=O)N1CCC(Oc2nc3ccccc3nc2NC2CC2)C1. The maximum atomic E-state index is 12.3. The molecule has 2 heterocycles. The quantitative estimate of drug-likeness (QED) is 0.886. The highest BCUT2D eigenvalue weighted by Crippen LogP contribution is 2.31. The lowest BCUT2D eigenvalue weighted by atomic mass is 10.2. The van der Waals surface area contributed by atoms with E-state index in [1.807, 2.05) is 45.0 Å². The Morgan fingerprint density at radius 2 is 1.85 bits per heavy atom.